The first-order chi connectivity index (χ1) is 9.37. The Bertz CT molecular complexity index is 457. The standard InChI is InChI=1S/C20H32/c1-14-12-20-11-8-16-18(2,3)9-5-10-19(16,4)17(20)7-6-15(14)13-20/h12,15-17H,5-11,13H2,1-4H3/t15-,16-,17+,19-,20-/m0/s1. The molecule has 0 nitrogen and oxygen atoms in total. The zero-order chi connectivity index (χ0) is 14.2. The van der Waals surface area contributed by atoms with Gasteiger partial charge in [0.25, 0.3) is 0 Å². The summed E-state index contributed by atoms with van der Waals surface area (Å²) >= 11 is 0. The zero-order valence-corrected chi connectivity index (χ0v) is 14.0. The smallest absolute Gasteiger partial charge is 0.00762 e. The van der Waals surface area contributed by atoms with E-state index in [0.29, 0.717) is 16.2 Å². The second-order valence-corrected chi connectivity index (χ2v) is 9.59. The summed E-state index contributed by atoms with van der Waals surface area (Å²) in [4.78, 5) is 0. The van der Waals surface area contributed by atoms with Gasteiger partial charge in [0.1, 0.15) is 0 Å². The molecule has 0 heterocycles. The Labute approximate surface area is 125 Å². The SMILES string of the molecule is CC1=C[C@]23CC[C@H]4C(C)(C)CCC[C@]4(C)[C@H]2CC[C@H]1C3. The monoisotopic (exact) mass is 272 g/mol. The number of allylic oxidation sites excluding steroid dienone is 2. The molecule has 0 aromatic rings. The van der Waals surface area contributed by atoms with Crippen molar-refractivity contribution >= 4 is 0 Å². The number of fused-ring (bicyclic) bond motifs is 3. The van der Waals surface area contributed by atoms with E-state index >= 15 is 0 Å². The van der Waals surface area contributed by atoms with Gasteiger partial charge in [-0.3, -0.25) is 0 Å². The van der Waals surface area contributed by atoms with Crippen LogP contribution in [0.25, 0.3) is 0 Å². The topological polar surface area (TPSA) is 0 Å². The Morgan fingerprint density at radius 3 is 2.55 bits per heavy atom. The van der Waals surface area contributed by atoms with Crippen molar-refractivity contribution in [3.63, 3.8) is 0 Å². The minimum Gasteiger partial charge on any atom is -0.0788 e. The van der Waals surface area contributed by atoms with Crippen LogP contribution in [-0.2, 0) is 0 Å². The van der Waals surface area contributed by atoms with Crippen molar-refractivity contribution in [3.8, 4) is 0 Å². The van der Waals surface area contributed by atoms with Gasteiger partial charge in [0.15, 0.2) is 0 Å². The van der Waals surface area contributed by atoms with Gasteiger partial charge in [-0.05, 0) is 85.9 Å². The van der Waals surface area contributed by atoms with E-state index in [2.05, 4.69) is 33.8 Å². The summed E-state index contributed by atoms with van der Waals surface area (Å²) in [5, 5.41) is 0. The van der Waals surface area contributed by atoms with Crippen LogP contribution in [0.2, 0.25) is 0 Å². The van der Waals surface area contributed by atoms with Gasteiger partial charge in [-0.25, -0.2) is 0 Å². The molecule has 4 aliphatic rings. The summed E-state index contributed by atoms with van der Waals surface area (Å²) in [6.45, 7) is 10.2. The zero-order valence-electron chi connectivity index (χ0n) is 14.0. The number of hydrogen-bond acceptors (Lipinski definition) is 0. The Morgan fingerprint density at radius 1 is 0.950 bits per heavy atom. The molecule has 0 aromatic heterocycles. The molecule has 0 amide bonds. The molecule has 5 atom stereocenters. The molecular formula is C20H32. The number of hydrogen-bond donors (Lipinski definition) is 0. The number of rotatable bonds is 0. The summed E-state index contributed by atoms with van der Waals surface area (Å²) in [6, 6.07) is 0. The van der Waals surface area contributed by atoms with Crippen LogP contribution in [0.5, 0.6) is 0 Å². The molecule has 0 saturated heterocycles. The molecule has 20 heavy (non-hydrogen) atoms. The fourth-order valence-corrected chi connectivity index (χ4v) is 7.53. The second-order valence-electron chi connectivity index (χ2n) is 9.59. The maximum absolute atomic E-state index is 2.76. The Hall–Kier alpha value is -0.260. The van der Waals surface area contributed by atoms with E-state index in [-0.39, 0.29) is 0 Å². The molecule has 0 unspecified atom stereocenters. The molecule has 0 N–H and O–H groups in total. The highest BCUT2D eigenvalue weighted by atomic mass is 14.7. The molecule has 3 saturated carbocycles. The molecule has 1 spiro atoms. The van der Waals surface area contributed by atoms with Crippen LogP contribution in [0.4, 0.5) is 0 Å². The molecule has 4 rings (SSSR count). The molecule has 3 fully saturated rings. The maximum atomic E-state index is 2.76. The summed E-state index contributed by atoms with van der Waals surface area (Å²) in [6.07, 6.45) is 14.7. The van der Waals surface area contributed by atoms with E-state index < -0.39 is 0 Å². The molecule has 4 aliphatic carbocycles. The Kier molecular flexibility index (Phi) is 2.63. The van der Waals surface area contributed by atoms with Crippen molar-refractivity contribution < 1.29 is 0 Å². The molecule has 0 heteroatoms. The van der Waals surface area contributed by atoms with Gasteiger partial charge >= 0.3 is 0 Å². The predicted octanol–water partition coefficient (Wildman–Crippen LogP) is 5.98. The molecule has 0 aromatic carbocycles. The van der Waals surface area contributed by atoms with Crippen molar-refractivity contribution in [1.82, 2.24) is 0 Å². The van der Waals surface area contributed by atoms with E-state index in [1.54, 1.807) is 5.57 Å². The summed E-state index contributed by atoms with van der Waals surface area (Å²) in [5.74, 6) is 2.91. The quantitative estimate of drug-likeness (QED) is 0.476. The van der Waals surface area contributed by atoms with Gasteiger partial charge < -0.3 is 0 Å². The molecular weight excluding hydrogens is 240 g/mol. The third-order valence-corrected chi connectivity index (χ3v) is 8.25. The molecule has 2 bridgehead atoms. The van der Waals surface area contributed by atoms with Gasteiger partial charge in [0, 0.05) is 0 Å². The highest BCUT2D eigenvalue weighted by molar-refractivity contribution is 5.26. The van der Waals surface area contributed by atoms with Crippen LogP contribution in [0.1, 0.15) is 79.1 Å². The van der Waals surface area contributed by atoms with Crippen LogP contribution in [0, 0.1) is 34.0 Å². The highest BCUT2D eigenvalue weighted by Gasteiger charge is 2.61. The Morgan fingerprint density at radius 2 is 1.75 bits per heavy atom. The molecule has 112 valence electrons. The summed E-state index contributed by atoms with van der Waals surface area (Å²) in [5.41, 5.74) is 3.57. The first-order valence-corrected chi connectivity index (χ1v) is 9.07. The van der Waals surface area contributed by atoms with Crippen molar-refractivity contribution in [1.29, 1.82) is 0 Å². The van der Waals surface area contributed by atoms with Gasteiger partial charge in [-0.2, -0.15) is 0 Å². The second kappa shape index (κ2) is 3.93. The maximum Gasteiger partial charge on any atom is -0.00762 e. The van der Waals surface area contributed by atoms with E-state index in [4.69, 9.17) is 0 Å². The van der Waals surface area contributed by atoms with E-state index in [9.17, 15) is 0 Å². The van der Waals surface area contributed by atoms with Crippen molar-refractivity contribution in [2.75, 3.05) is 0 Å². The fourth-order valence-electron chi connectivity index (χ4n) is 7.53. The Balaban J connectivity index is 1.76. The van der Waals surface area contributed by atoms with Gasteiger partial charge in [-0.15, -0.1) is 0 Å². The van der Waals surface area contributed by atoms with Crippen molar-refractivity contribution in [3.05, 3.63) is 11.6 Å². The largest absolute Gasteiger partial charge is 0.0788 e. The highest BCUT2D eigenvalue weighted by Crippen LogP contribution is 2.70. The lowest BCUT2D eigenvalue weighted by Gasteiger charge is -2.63. The first kappa shape index (κ1) is 13.4. The van der Waals surface area contributed by atoms with Crippen molar-refractivity contribution in [2.45, 2.75) is 79.1 Å². The predicted molar refractivity (Wildman–Crippen MR) is 85.5 cm³/mol. The van der Waals surface area contributed by atoms with Gasteiger partial charge in [0.05, 0.1) is 0 Å². The van der Waals surface area contributed by atoms with E-state index in [0.717, 1.165) is 17.8 Å². The average Bonchev–Trinajstić information content (AvgIpc) is 2.58. The normalized spacial score (nSPS) is 53.0. The lowest BCUT2D eigenvalue weighted by atomic mass is 9.41. The van der Waals surface area contributed by atoms with Crippen LogP contribution in [0.3, 0.4) is 0 Å². The lowest BCUT2D eigenvalue weighted by Crippen LogP contribution is -2.55. The van der Waals surface area contributed by atoms with Crippen LogP contribution in [0.15, 0.2) is 11.6 Å². The molecule has 0 radical (unpaired) electrons. The van der Waals surface area contributed by atoms with E-state index in [1.807, 2.05) is 0 Å². The van der Waals surface area contributed by atoms with Gasteiger partial charge in [0.2, 0.25) is 0 Å². The van der Waals surface area contributed by atoms with Crippen LogP contribution >= 0.6 is 0 Å². The van der Waals surface area contributed by atoms with Crippen LogP contribution < -0.4 is 0 Å². The fraction of sp³-hybridized carbons (Fsp3) is 0.900. The van der Waals surface area contributed by atoms with Gasteiger partial charge in [-0.1, -0.05) is 38.8 Å². The third kappa shape index (κ3) is 1.54. The lowest BCUT2D eigenvalue weighted by molar-refractivity contribution is -0.133. The molecule has 0 aliphatic heterocycles. The van der Waals surface area contributed by atoms with Crippen LogP contribution in [-0.4, -0.2) is 0 Å². The van der Waals surface area contributed by atoms with E-state index in [1.165, 1.54) is 51.4 Å². The minimum absolute atomic E-state index is 0.586. The summed E-state index contributed by atoms with van der Waals surface area (Å²) < 4.78 is 0. The average molecular weight is 272 g/mol. The third-order valence-electron chi connectivity index (χ3n) is 8.25. The summed E-state index contributed by atoms with van der Waals surface area (Å²) in [7, 11) is 0. The van der Waals surface area contributed by atoms with Crippen molar-refractivity contribution in [2.24, 2.45) is 34.0 Å². The minimum atomic E-state index is 0.586. The first-order valence-electron chi connectivity index (χ1n) is 9.07.